The second-order valence-electron chi connectivity index (χ2n) is 6.53. The minimum absolute atomic E-state index is 0.0338. The average Bonchev–Trinajstić information content (AvgIpc) is 3.02. The van der Waals surface area contributed by atoms with Crippen LogP contribution in [0, 0.1) is 6.92 Å². The number of benzene rings is 2. The van der Waals surface area contributed by atoms with Gasteiger partial charge in [-0.1, -0.05) is 24.3 Å². The molecule has 1 atom stereocenters. The number of esters is 1. The van der Waals surface area contributed by atoms with Gasteiger partial charge in [0.15, 0.2) is 0 Å². The van der Waals surface area contributed by atoms with Crippen LogP contribution in [-0.2, 0) is 14.3 Å². The minimum atomic E-state index is -0.342. The molecule has 0 saturated carbocycles. The van der Waals surface area contributed by atoms with Gasteiger partial charge in [-0.2, -0.15) is 0 Å². The summed E-state index contributed by atoms with van der Waals surface area (Å²) in [4.78, 5) is 27.0. The molecule has 0 saturated heterocycles. The normalized spacial score (nSPS) is 19.5. The lowest BCUT2D eigenvalue weighted by molar-refractivity contribution is -0.136. The van der Waals surface area contributed by atoms with Crippen molar-refractivity contribution in [3.05, 3.63) is 70.9 Å². The third kappa shape index (κ3) is 2.65. The topological polar surface area (TPSA) is 55.8 Å². The zero-order valence-electron chi connectivity index (χ0n) is 14.7. The summed E-state index contributed by atoms with van der Waals surface area (Å²) in [5.41, 5.74) is 3.97. The van der Waals surface area contributed by atoms with Gasteiger partial charge >= 0.3 is 5.97 Å². The number of aryl methyl sites for hydroxylation is 1. The van der Waals surface area contributed by atoms with Gasteiger partial charge in [0.1, 0.15) is 12.4 Å². The van der Waals surface area contributed by atoms with Crippen molar-refractivity contribution >= 4 is 17.6 Å². The first-order valence-corrected chi connectivity index (χ1v) is 8.52. The second kappa shape index (κ2) is 6.33. The number of carbonyl (C=O) groups excluding carboxylic acids is 2. The molecule has 0 bridgehead atoms. The Labute approximate surface area is 151 Å². The van der Waals surface area contributed by atoms with Crippen molar-refractivity contribution in [1.82, 2.24) is 0 Å². The largest absolute Gasteiger partial charge is 0.497 e. The highest BCUT2D eigenvalue weighted by atomic mass is 16.5. The molecule has 1 unspecified atom stereocenters. The van der Waals surface area contributed by atoms with Gasteiger partial charge in [-0.25, -0.2) is 4.79 Å². The Morgan fingerprint density at radius 2 is 1.88 bits per heavy atom. The van der Waals surface area contributed by atoms with E-state index >= 15 is 0 Å². The number of carbonyl (C=O) groups is 2. The van der Waals surface area contributed by atoms with E-state index < -0.39 is 0 Å². The first-order chi connectivity index (χ1) is 12.6. The summed E-state index contributed by atoms with van der Waals surface area (Å²) in [5.74, 6) is 0.0689. The average molecular weight is 349 g/mol. The summed E-state index contributed by atoms with van der Waals surface area (Å²) in [6.07, 6.45) is 0.230. The lowest BCUT2D eigenvalue weighted by Gasteiger charge is -2.32. The minimum Gasteiger partial charge on any atom is -0.497 e. The summed E-state index contributed by atoms with van der Waals surface area (Å²) in [6.45, 7) is 2.10. The van der Waals surface area contributed by atoms with Crippen LogP contribution in [0.4, 0.5) is 5.69 Å². The third-order valence-corrected chi connectivity index (χ3v) is 4.90. The van der Waals surface area contributed by atoms with Crippen LogP contribution in [-0.4, -0.2) is 25.6 Å². The summed E-state index contributed by atoms with van der Waals surface area (Å²) < 4.78 is 10.5. The lowest BCUT2D eigenvalue weighted by atomic mass is 9.84. The molecule has 5 nitrogen and oxygen atoms in total. The van der Waals surface area contributed by atoms with Crippen LogP contribution in [0.15, 0.2) is 59.8 Å². The van der Waals surface area contributed by atoms with Crippen LogP contribution in [0.1, 0.15) is 23.5 Å². The van der Waals surface area contributed by atoms with Crippen LogP contribution >= 0.6 is 0 Å². The number of anilines is 1. The molecule has 2 aliphatic heterocycles. The van der Waals surface area contributed by atoms with Crippen molar-refractivity contribution in [3.63, 3.8) is 0 Å². The van der Waals surface area contributed by atoms with E-state index in [0.717, 1.165) is 22.6 Å². The number of methoxy groups -OCH3 is 1. The molecule has 5 heteroatoms. The Morgan fingerprint density at radius 3 is 2.58 bits per heavy atom. The van der Waals surface area contributed by atoms with Crippen molar-refractivity contribution in [2.45, 2.75) is 19.3 Å². The van der Waals surface area contributed by atoms with Crippen LogP contribution in [0.2, 0.25) is 0 Å². The number of ether oxygens (including phenoxy) is 2. The number of hydrogen-bond donors (Lipinski definition) is 0. The SMILES string of the molecule is COc1ccc(C2CC(=O)N(c3cccc(C)c3)C3=C2C(=O)OC3)cc1. The molecule has 132 valence electrons. The maximum absolute atomic E-state index is 13.0. The van der Waals surface area contributed by atoms with Gasteiger partial charge < -0.3 is 9.47 Å². The van der Waals surface area contributed by atoms with E-state index in [9.17, 15) is 9.59 Å². The lowest BCUT2D eigenvalue weighted by Crippen LogP contribution is -2.37. The Hall–Kier alpha value is -3.08. The van der Waals surface area contributed by atoms with Gasteiger partial charge in [-0.3, -0.25) is 9.69 Å². The molecule has 26 heavy (non-hydrogen) atoms. The van der Waals surface area contributed by atoms with Crippen molar-refractivity contribution in [1.29, 1.82) is 0 Å². The molecule has 2 aromatic carbocycles. The predicted octanol–water partition coefficient (Wildman–Crippen LogP) is 3.34. The number of hydrogen-bond acceptors (Lipinski definition) is 4. The molecule has 2 aliphatic rings. The Morgan fingerprint density at radius 1 is 1.12 bits per heavy atom. The van der Waals surface area contributed by atoms with Gasteiger partial charge in [-0.15, -0.1) is 0 Å². The van der Waals surface area contributed by atoms with E-state index in [4.69, 9.17) is 9.47 Å². The van der Waals surface area contributed by atoms with E-state index in [-0.39, 0.29) is 30.8 Å². The molecule has 1 amide bonds. The van der Waals surface area contributed by atoms with Crippen molar-refractivity contribution < 1.29 is 19.1 Å². The molecule has 0 radical (unpaired) electrons. The molecule has 0 aromatic heterocycles. The first kappa shape index (κ1) is 16.4. The summed E-state index contributed by atoms with van der Waals surface area (Å²) in [7, 11) is 1.60. The van der Waals surface area contributed by atoms with E-state index in [0.29, 0.717) is 11.3 Å². The van der Waals surface area contributed by atoms with Gasteiger partial charge in [0, 0.05) is 18.0 Å². The summed E-state index contributed by atoms with van der Waals surface area (Å²) in [6, 6.07) is 15.2. The third-order valence-electron chi connectivity index (χ3n) is 4.90. The quantitative estimate of drug-likeness (QED) is 0.798. The fourth-order valence-corrected chi connectivity index (χ4v) is 3.64. The van der Waals surface area contributed by atoms with Crippen LogP contribution in [0.5, 0.6) is 5.75 Å². The number of amides is 1. The maximum atomic E-state index is 13.0. The Bertz CT molecular complexity index is 914. The van der Waals surface area contributed by atoms with Gasteiger partial charge in [-0.05, 0) is 42.3 Å². The van der Waals surface area contributed by atoms with Crippen molar-refractivity contribution in [3.8, 4) is 5.75 Å². The Balaban J connectivity index is 1.80. The first-order valence-electron chi connectivity index (χ1n) is 8.52. The molecule has 2 heterocycles. The van der Waals surface area contributed by atoms with E-state index in [1.807, 2.05) is 55.5 Å². The number of rotatable bonds is 3. The molecule has 0 aliphatic carbocycles. The molecular formula is C21H19NO4. The molecule has 0 spiro atoms. The molecular weight excluding hydrogens is 330 g/mol. The van der Waals surface area contributed by atoms with Gasteiger partial charge in [0.05, 0.1) is 18.4 Å². The summed E-state index contributed by atoms with van der Waals surface area (Å²) in [5, 5.41) is 0. The second-order valence-corrected chi connectivity index (χ2v) is 6.53. The zero-order valence-corrected chi connectivity index (χ0v) is 14.7. The standard InChI is InChI=1S/C21H19NO4/c1-13-4-3-5-15(10-13)22-18-12-26-21(24)20(18)17(11-19(22)23)14-6-8-16(25-2)9-7-14/h3-10,17H,11-12H2,1-2H3. The van der Waals surface area contributed by atoms with E-state index in [1.165, 1.54) is 0 Å². The maximum Gasteiger partial charge on any atom is 0.336 e. The molecule has 0 fully saturated rings. The monoisotopic (exact) mass is 349 g/mol. The number of cyclic esters (lactones) is 1. The van der Waals surface area contributed by atoms with Crippen molar-refractivity contribution in [2.75, 3.05) is 18.6 Å². The van der Waals surface area contributed by atoms with Crippen LogP contribution < -0.4 is 9.64 Å². The van der Waals surface area contributed by atoms with Crippen LogP contribution in [0.3, 0.4) is 0 Å². The molecule has 4 rings (SSSR count). The number of nitrogens with zero attached hydrogens (tertiary/aromatic N) is 1. The predicted molar refractivity (Wildman–Crippen MR) is 97.0 cm³/mol. The van der Waals surface area contributed by atoms with Gasteiger partial charge in [0.25, 0.3) is 0 Å². The van der Waals surface area contributed by atoms with Crippen molar-refractivity contribution in [2.24, 2.45) is 0 Å². The van der Waals surface area contributed by atoms with Gasteiger partial charge in [0.2, 0.25) is 5.91 Å². The smallest absolute Gasteiger partial charge is 0.336 e. The summed E-state index contributed by atoms with van der Waals surface area (Å²) >= 11 is 0. The van der Waals surface area contributed by atoms with E-state index in [2.05, 4.69) is 0 Å². The molecule has 2 aromatic rings. The fraction of sp³-hybridized carbons (Fsp3) is 0.238. The van der Waals surface area contributed by atoms with E-state index in [1.54, 1.807) is 12.0 Å². The highest BCUT2D eigenvalue weighted by Gasteiger charge is 2.42. The molecule has 0 N–H and O–H groups in total. The Kier molecular flexibility index (Phi) is 3.99. The zero-order chi connectivity index (χ0) is 18.3. The fourth-order valence-electron chi connectivity index (χ4n) is 3.64. The highest BCUT2D eigenvalue weighted by Crippen LogP contribution is 2.42. The highest BCUT2D eigenvalue weighted by molar-refractivity contribution is 6.06. The van der Waals surface area contributed by atoms with Crippen LogP contribution in [0.25, 0.3) is 0 Å².